The Balaban J connectivity index is 1.58. The van der Waals surface area contributed by atoms with Crippen LogP contribution in [-0.4, -0.2) is 10.5 Å². The Hall–Kier alpha value is -2.18. The standard InChI is InChI=1S/C21H19NOS/c22-13-17-7-6-16(18-10-19-8-9-20(11-18)24-19)12-21(17)23-14-15-4-2-1-3-5-15/h1-7,10,12,19-20H,8-9,11,14H2. The van der Waals surface area contributed by atoms with E-state index in [2.05, 4.69) is 30.0 Å². The van der Waals surface area contributed by atoms with Crippen LogP contribution in [0.1, 0.15) is 36.0 Å². The summed E-state index contributed by atoms with van der Waals surface area (Å²) in [6, 6.07) is 18.3. The van der Waals surface area contributed by atoms with E-state index >= 15 is 0 Å². The number of hydrogen-bond donors (Lipinski definition) is 0. The molecule has 0 N–H and O–H groups in total. The largest absolute Gasteiger partial charge is 0.488 e. The molecule has 0 saturated carbocycles. The molecule has 2 aliphatic heterocycles. The van der Waals surface area contributed by atoms with E-state index in [1.165, 1.54) is 24.0 Å². The lowest BCUT2D eigenvalue weighted by Gasteiger charge is -2.20. The summed E-state index contributed by atoms with van der Waals surface area (Å²) in [4.78, 5) is 0. The Morgan fingerprint density at radius 1 is 1.12 bits per heavy atom. The second-order valence-electron chi connectivity index (χ2n) is 6.37. The number of allylic oxidation sites excluding steroid dienone is 1. The van der Waals surface area contributed by atoms with Crippen LogP contribution >= 0.6 is 11.8 Å². The molecule has 0 spiro atoms. The first-order valence-corrected chi connectivity index (χ1v) is 9.33. The molecule has 2 bridgehead atoms. The molecule has 24 heavy (non-hydrogen) atoms. The lowest BCUT2D eigenvalue weighted by Crippen LogP contribution is -2.06. The number of nitriles is 1. The first-order valence-electron chi connectivity index (χ1n) is 8.39. The molecule has 1 fully saturated rings. The van der Waals surface area contributed by atoms with Crippen molar-refractivity contribution in [3.63, 3.8) is 0 Å². The van der Waals surface area contributed by atoms with Crippen LogP contribution in [0.15, 0.2) is 54.6 Å². The maximum absolute atomic E-state index is 9.36. The molecule has 120 valence electrons. The minimum atomic E-state index is 0.485. The maximum Gasteiger partial charge on any atom is 0.138 e. The van der Waals surface area contributed by atoms with Crippen molar-refractivity contribution in [2.45, 2.75) is 36.4 Å². The van der Waals surface area contributed by atoms with Gasteiger partial charge in [0.15, 0.2) is 0 Å². The number of hydrogen-bond acceptors (Lipinski definition) is 3. The van der Waals surface area contributed by atoms with Crippen LogP contribution in [-0.2, 0) is 6.61 Å². The van der Waals surface area contributed by atoms with Gasteiger partial charge in [-0.05, 0) is 48.1 Å². The predicted molar refractivity (Wildman–Crippen MR) is 98.9 cm³/mol. The molecular formula is C21H19NOS. The SMILES string of the molecule is N#Cc1ccc(C2=CC3CCC(C2)S3)cc1OCc1ccccc1. The van der Waals surface area contributed by atoms with Crippen LogP contribution in [0.4, 0.5) is 0 Å². The van der Waals surface area contributed by atoms with Crippen molar-refractivity contribution in [3.8, 4) is 11.8 Å². The predicted octanol–water partition coefficient (Wildman–Crippen LogP) is 5.19. The summed E-state index contributed by atoms with van der Waals surface area (Å²) in [6.07, 6.45) is 6.16. The van der Waals surface area contributed by atoms with Crippen LogP contribution in [0.2, 0.25) is 0 Å². The zero-order valence-electron chi connectivity index (χ0n) is 13.4. The molecule has 2 unspecified atom stereocenters. The number of rotatable bonds is 4. The monoisotopic (exact) mass is 333 g/mol. The Morgan fingerprint density at radius 2 is 2.00 bits per heavy atom. The van der Waals surface area contributed by atoms with Crippen molar-refractivity contribution in [1.82, 2.24) is 0 Å². The van der Waals surface area contributed by atoms with Gasteiger partial charge in [0, 0.05) is 10.5 Å². The summed E-state index contributed by atoms with van der Waals surface area (Å²) >= 11 is 2.11. The van der Waals surface area contributed by atoms with Crippen molar-refractivity contribution < 1.29 is 4.74 Å². The van der Waals surface area contributed by atoms with E-state index in [4.69, 9.17) is 4.74 Å². The first kappa shape index (κ1) is 15.4. The Morgan fingerprint density at radius 3 is 2.79 bits per heavy atom. The van der Waals surface area contributed by atoms with Crippen LogP contribution in [0, 0.1) is 11.3 Å². The van der Waals surface area contributed by atoms with Gasteiger partial charge in [-0.2, -0.15) is 17.0 Å². The molecule has 2 aliphatic rings. The van der Waals surface area contributed by atoms with E-state index in [1.807, 2.05) is 42.5 Å². The Kier molecular flexibility index (Phi) is 4.32. The summed E-state index contributed by atoms with van der Waals surface area (Å²) in [6.45, 7) is 0.485. The Bertz CT molecular complexity index is 806. The van der Waals surface area contributed by atoms with E-state index in [-0.39, 0.29) is 0 Å². The van der Waals surface area contributed by atoms with E-state index < -0.39 is 0 Å². The summed E-state index contributed by atoms with van der Waals surface area (Å²) in [5.41, 5.74) is 4.33. The fourth-order valence-corrected chi connectivity index (χ4v) is 4.98. The van der Waals surface area contributed by atoms with Crippen molar-refractivity contribution >= 4 is 17.3 Å². The molecular weight excluding hydrogens is 314 g/mol. The van der Waals surface area contributed by atoms with Gasteiger partial charge in [-0.1, -0.05) is 42.5 Å². The third-order valence-corrected chi connectivity index (χ3v) is 6.19. The van der Waals surface area contributed by atoms with Gasteiger partial charge in [0.1, 0.15) is 18.4 Å². The molecule has 2 atom stereocenters. The molecule has 2 heterocycles. The van der Waals surface area contributed by atoms with Gasteiger partial charge in [0.2, 0.25) is 0 Å². The summed E-state index contributed by atoms with van der Waals surface area (Å²) in [7, 11) is 0. The summed E-state index contributed by atoms with van der Waals surface area (Å²) < 4.78 is 5.96. The quantitative estimate of drug-likeness (QED) is 0.772. The fraction of sp³-hybridized carbons (Fsp3) is 0.286. The highest BCUT2D eigenvalue weighted by Gasteiger charge is 2.29. The third kappa shape index (κ3) is 3.20. The molecule has 0 aliphatic carbocycles. The smallest absolute Gasteiger partial charge is 0.138 e. The summed E-state index contributed by atoms with van der Waals surface area (Å²) in [5.74, 6) is 0.685. The van der Waals surface area contributed by atoms with Gasteiger partial charge in [-0.3, -0.25) is 0 Å². The Labute approximate surface area is 147 Å². The molecule has 2 nitrogen and oxygen atoms in total. The molecule has 1 saturated heterocycles. The zero-order chi connectivity index (χ0) is 16.4. The van der Waals surface area contributed by atoms with E-state index in [1.54, 1.807) is 0 Å². The topological polar surface area (TPSA) is 33.0 Å². The fourth-order valence-electron chi connectivity index (χ4n) is 3.43. The average molecular weight is 333 g/mol. The molecule has 0 amide bonds. The number of nitrogens with zero attached hydrogens (tertiary/aromatic N) is 1. The molecule has 2 aromatic rings. The van der Waals surface area contributed by atoms with E-state index in [0.717, 1.165) is 17.2 Å². The third-order valence-electron chi connectivity index (χ3n) is 4.69. The number of benzene rings is 2. The minimum absolute atomic E-state index is 0.485. The van der Waals surface area contributed by atoms with Crippen molar-refractivity contribution in [3.05, 3.63) is 71.3 Å². The number of thioether (sulfide) groups is 1. The van der Waals surface area contributed by atoms with Gasteiger partial charge >= 0.3 is 0 Å². The molecule has 2 aromatic carbocycles. The van der Waals surface area contributed by atoms with Crippen LogP contribution < -0.4 is 4.74 Å². The first-order chi connectivity index (χ1) is 11.8. The van der Waals surface area contributed by atoms with Crippen molar-refractivity contribution in [2.24, 2.45) is 0 Å². The zero-order valence-corrected chi connectivity index (χ0v) is 14.3. The lowest BCUT2D eigenvalue weighted by molar-refractivity contribution is 0.305. The molecule has 4 rings (SSSR count). The van der Waals surface area contributed by atoms with E-state index in [9.17, 15) is 5.26 Å². The second kappa shape index (κ2) is 6.75. The van der Waals surface area contributed by atoms with Gasteiger partial charge in [0.05, 0.1) is 5.56 Å². The van der Waals surface area contributed by atoms with Crippen molar-refractivity contribution in [2.75, 3.05) is 0 Å². The maximum atomic E-state index is 9.36. The minimum Gasteiger partial charge on any atom is -0.488 e. The van der Waals surface area contributed by atoms with Crippen LogP contribution in [0.25, 0.3) is 5.57 Å². The van der Waals surface area contributed by atoms with Crippen LogP contribution in [0.3, 0.4) is 0 Å². The molecule has 0 radical (unpaired) electrons. The van der Waals surface area contributed by atoms with Crippen LogP contribution in [0.5, 0.6) is 5.75 Å². The highest BCUT2D eigenvalue weighted by molar-refractivity contribution is 8.01. The second-order valence-corrected chi connectivity index (χ2v) is 7.91. The summed E-state index contributed by atoms with van der Waals surface area (Å²) in [5, 5.41) is 10.8. The van der Waals surface area contributed by atoms with Gasteiger partial charge in [-0.25, -0.2) is 0 Å². The van der Waals surface area contributed by atoms with Gasteiger partial charge < -0.3 is 4.74 Å². The number of ether oxygens (including phenoxy) is 1. The average Bonchev–Trinajstić information content (AvgIpc) is 2.98. The van der Waals surface area contributed by atoms with Gasteiger partial charge in [-0.15, -0.1) is 0 Å². The number of fused-ring (bicyclic) bond motifs is 2. The molecule has 3 heteroatoms. The normalized spacial score (nSPS) is 21.9. The van der Waals surface area contributed by atoms with Gasteiger partial charge in [0.25, 0.3) is 0 Å². The van der Waals surface area contributed by atoms with E-state index in [0.29, 0.717) is 23.2 Å². The highest BCUT2D eigenvalue weighted by atomic mass is 32.2. The van der Waals surface area contributed by atoms with Crippen molar-refractivity contribution in [1.29, 1.82) is 5.26 Å². The lowest BCUT2D eigenvalue weighted by atomic mass is 9.99. The molecule has 0 aromatic heterocycles. The highest BCUT2D eigenvalue weighted by Crippen LogP contribution is 2.45.